The number of hydrogen-bond donors (Lipinski definition) is 2. The highest BCUT2D eigenvalue weighted by atomic mass is 32.2. The Bertz CT molecular complexity index is 906. The molecule has 0 aliphatic heterocycles. The van der Waals surface area contributed by atoms with Crippen molar-refractivity contribution >= 4 is 21.9 Å². The second-order valence-corrected chi connectivity index (χ2v) is 7.61. The van der Waals surface area contributed by atoms with Crippen LogP contribution in [0, 0.1) is 0 Å². The first-order valence-corrected chi connectivity index (χ1v) is 9.58. The summed E-state index contributed by atoms with van der Waals surface area (Å²) in [7, 11) is -3.85. The van der Waals surface area contributed by atoms with E-state index in [1.165, 1.54) is 24.3 Å². The summed E-state index contributed by atoms with van der Waals surface area (Å²) in [6, 6.07) is 13.9. The molecule has 3 N–H and O–H groups in total. The zero-order valence-corrected chi connectivity index (χ0v) is 14.6. The Kier molecular flexibility index (Phi) is 5.06. The minimum Gasteiger partial charge on any atom is -0.444 e. The molecule has 2 aromatic carbocycles. The van der Waals surface area contributed by atoms with Gasteiger partial charge in [-0.1, -0.05) is 30.3 Å². The average Bonchev–Trinajstić information content (AvgIpc) is 3.43. The van der Waals surface area contributed by atoms with Crippen molar-refractivity contribution in [3.63, 3.8) is 0 Å². The third-order valence-electron chi connectivity index (χ3n) is 3.91. The maximum atomic E-state index is 12.5. The van der Waals surface area contributed by atoms with Crippen molar-refractivity contribution < 1.29 is 22.7 Å². The largest absolute Gasteiger partial charge is 0.444 e. The summed E-state index contributed by atoms with van der Waals surface area (Å²) in [5.41, 5.74) is 0.678. The number of benzene rings is 2. The third kappa shape index (κ3) is 4.47. The molecule has 1 aliphatic rings. The van der Waals surface area contributed by atoms with Crippen LogP contribution >= 0.6 is 0 Å². The van der Waals surface area contributed by atoms with Gasteiger partial charge in [-0.2, -0.15) is 0 Å². The van der Waals surface area contributed by atoms with Crippen LogP contribution in [0.1, 0.15) is 34.9 Å². The molecule has 0 spiro atoms. The molecular formula is C18H18N2O5S. The van der Waals surface area contributed by atoms with Crippen LogP contribution < -0.4 is 10.5 Å². The monoisotopic (exact) mass is 374 g/mol. The van der Waals surface area contributed by atoms with E-state index >= 15 is 0 Å². The number of nitrogens with two attached hydrogens (primary N) is 1. The van der Waals surface area contributed by atoms with Crippen LogP contribution in [-0.4, -0.2) is 26.3 Å². The minimum atomic E-state index is -3.85. The van der Waals surface area contributed by atoms with Crippen molar-refractivity contribution in [3.8, 4) is 0 Å². The molecule has 0 unspecified atom stereocenters. The van der Waals surface area contributed by atoms with Crippen LogP contribution in [0.4, 0.5) is 0 Å². The lowest BCUT2D eigenvalue weighted by Gasteiger charge is -2.18. The van der Waals surface area contributed by atoms with E-state index in [9.17, 15) is 18.0 Å². The van der Waals surface area contributed by atoms with E-state index in [4.69, 9.17) is 9.88 Å². The predicted octanol–water partition coefficient (Wildman–Crippen LogP) is 1.51. The van der Waals surface area contributed by atoms with Gasteiger partial charge >= 0.3 is 5.97 Å². The quantitative estimate of drug-likeness (QED) is 0.744. The fraction of sp³-hybridized carbons (Fsp3) is 0.222. The molecule has 1 atom stereocenters. The van der Waals surface area contributed by atoms with Gasteiger partial charge in [-0.3, -0.25) is 4.79 Å². The molecule has 0 bridgehead atoms. The molecule has 1 fully saturated rings. The molecule has 8 heteroatoms. The standard InChI is InChI=1S/C18H18N2O5S/c19-26(23,24)15-10-6-13(7-11-15)18(22)25-16(12-4-2-1-3-5-12)17(21)20-14-8-9-14/h1-7,10-11,14,16H,8-9H2,(H,20,21)(H2,19,23,24)/t16-/m1/s1. The Labute approximate surface area is 151 Å². The van der Waals surface area contributed by atoms with Crippen LogP contribution in [0.15, 0.2) is 59.5 Å². The van der Waals surface area contributed by atoms with Gasteiger partial charge in [0.05, 0.1) is 10.5 Å². The van der Waals surface area contributed by atoms with Gasteiger partial charge in [-0.15, -0.1) is 0 Å². The molecule has 0 radical (unpaired) electrons. The first kappa shape index (κ1) is 18.1. The van der Waals surface area contributed by atoms with Crippen LogP contribution in [0.25, 0.3) is 0 Å². The molecule has 26 heavy (non-hydrogen) atoms. The number of carbonyl (C=O) groups is 2. The lowest BCUT2D eigenvalue weighted by molar-refractivity contribution is -0.130. The summed E-state index contributed by atoms with van der Waals surface area (Å²) in [5.74, 6) is -1.11. The molecule has 7 nitrogen and oxygen atoms in total. The number of nitrogens with one attached hydrogen (secondary N) is 1. The number of rotatable bonds is 6. The Morgan fingerprint density at radius 2 is 1.65 bits per heavy atom. The van der Waals surface area contributed by atoms with E-state index in [0.29, 0.717) is 5.56 Å². The van der Waals surface area contributed by atoms with Crippen molar-refractivity contribution in [3.05, 3.63) is 65.7 Å². The van der Waals surface area contributed by atoms with Gasteiger partial charge in [0, 0.05) is 11.6 Å². The van der Waals surface area contributed by atoms with E-state index in [2.05, 4.69) is 5.32 Å². The number of ether oxygens (including phenoxy) is 1. The van der Waals surface area contributed by atoms with Gasteiger partial charge in [-0.05, 0) is 37.1 Å². The van der Waals surface area contributed by atoms with Crippen LogP contribution in [0.5, 0.6) is 0 Å². The fourth-order valence-corrected chi connectivity index (χ4v) is 2.88. The van der Waals surface area contributed by atoms with Gasteiger partial charge in [0.1, 0.15) is 0 Å². The first-order chi connectivity index (χ1) is 12.3. The van der Waals surface area contributed by atoms with Gasteiger partial charge in [0.15, 0.2) is 0 Å². The van der Waals surface area contributed by atoms with Crippen molar-refractivity contribution in [2.45, 2.75) is 29.9 Å². The Balaban J connectivity index is 1.79. The van der Waals surface area contributed by atoms with E-state index in [1.807, 2.05) is 0 Å². The molecule has 136 valence electrons. The molecule has 3 rings (SSSR count). The highest BCUT2D eigenvalue weighted by Crippen LogP contribution is 2.24. The molecule has 1 aliphatic carbocycles. The normalized spacial score (nSPS) is 15.1. The molecule has 0 saturated heterocycles. The Morgan fingerprint density at radius 1 is 1.04 bits per heavy atom. The smallest absolute Gasteiger partial charge is 0.339 e. The van der Waals surface area contributed by atoms with Crippen LogP contribution in [-0.2, 0) is 19.6 Å². The SMILES string of the molecule is NS(=O)(=O)c1ccc(C(=O)O[C@@H](C(=O)NC2CC2)c2ccccc2)cc1. The lowest BCUT2D eigenvalue weighted by atomic mass is 10.1. The summed E-state index contributed by atoms with van der Waals surface area (Å²) in [4.78, 5) is 24.8. The molecule has 1 amide bonds. The van der Waals surface area contributed by atoms with Crippen molar-refractivity contribution in [1.82, 2.24) is 5.32 Å². The summed E-state index contributed by atoms with van der Waals surface area (Å²) in [6.07, 6.45) is 0.745. The van der Waals surface area contributed by atoms with Crippen molar-refractivity contribution in [1.29, 1.82) is 0 Å². The van der Waals surface area contributed by atoms with Crippen molar-refractivity contribution in [2.75, 3.05) is 0 Å². The molecule has 2 aromatic rings. The maximum absolute atomic E-state index is 12.5. The number of amides is 1. The van der Waals surface area contributed by atoms with Crippen LogP contribution in [0.3, 0.4) is 0 Å². The zero-order valence-electron chi connectivity index (χ0n) is 13.8. The lowest BCUT2D eigenvalue weighted by Crippen LogP contribution is -2.33. The Hall–Kier alpha value is -2.71. The Morgan fingerprint density at radius 3 is 2.19 bits per heavy atom. The highest BCUT2D eigenvalue weighted by molar-refractivity contribution is 7.89. The molecule has 1 saturated carbocycles. The van der Waals surface area contributed by atoms with E-state index in [-0.39, 0.29) is 22.4 Å². The van der Waals surface area contributed by atoms with E-state index < -0.39 is 22.1 Å². The van der Waals surface area contributed by atoms with Gasteiger partial charge < -0.3 is 10.1 Å². The van der Waals surface area contributed by atoms with E-state index in [1.54, 1.807) is 30.3 Å². The summed E-state index contributed by atoms with van der Waals surface area (Å²) < 4.78 is 28.0. The summed E-state index contributed by atoms with van der Waals surface area (Å²) in [5, 5.41) is 7.86. The van der Waals surface area contributed by atoms with E-state index in [0.717, 1.165) is 12.8 Å². The predicted molar refractivity (Wildman–Crippen MR) is 93.6 cm³/mol. The third-order valence-corrected chi connectivity index (χ3v) is 4.84. The van der Waals surface area contributed by atoms with Crippen molar-refractivity contribution in [2.24, 2.45) is 5.14 Å². The number of hydrogen-bond acceptors (Lipinski definition) is 5. The van der Waals surface area contributed by atoms with Gasteiger partial charge in [-0.25, -0.2) is 18.4 Å². The number of carbonyl (C=O) groups excluding carboxylic acids is 2. The second-order valence-electron chi connectivity index (χ2n) is 6.05. The second kappa shape index (κ2) is 7.27. The maximum Gasteiger partial charge on any atom is 0.339 e. The first-order valence-electron chi connectivity index (χ1n) is 8.04. The molecule has 0 aromatic heterocycles. The van der Waals surface area contributed by atoms with Crippen LogP contribution in [0.2, 0.25) is 0 Å². The number of sulfonamides is 1. The number of primary sulfonamides is 1. The zero-order chi connectivity index (χ0) is 18.7. The minimum absolute atomic E-state index is 0.111. The summed E-state index contributed by atoms with van der Waals surface area (Å²) in [6.45, 7) is 0. The van der Waals surface area contributed by atoms with Gasteiger partial charge in [0.2, 0.25) is 16.1 Å². The summed E-state index contributed by atoms with van der Waals surface area (Å²) >= 11 is 0. The fourth-order valence-electron chi connectivity index (χ4n) is 2.36. The van der Waals surface area contributed by atoms with Gasteiger partial charge in [0.25, 0.3) is 5.91 Å². The number of esters is 1. The average molecular weight is 374 g/mol. The highest BCUT2D eigenvalue weighted by Gasteiger charge is 2.31. The molecular weight excluding hydrogens is 356 g/mol. The topological polar surface area (TPSA) is 116 Å². The molecule has 0 heterocycles.